The molecule has 1 aromatic rings. The highest BCUT2D eigenvalue weighted by Gasteiger charge is 2.31. The van der Waals surface area contributed by atoms with Crippen LogP contribution in [0.15, 0.2) is 21.6 Å². The molecular formula is C14H20N2O7S2. The molecule has 11 heteroatoms. The Labute approximate surface area is 150 Å². The normalized spacial score (nSPS) is 18.5. The molecule has 0 aromatic carbocycles. The topological polar surface area (TPSA) is 117 Å². The zero-order chi connectivity index (χ0) is 18.6. The highest BCUT2D eigenvalue weighted by Crippen LogP contribution is 2.20. The second kappa shape index (κ2) is 8.21. The van der Waals surface area contributed by atoms with Gasteiger partial charge in [-0.25, -0.2) is 8.42 Å². The monoisotopic (exact) mass is 392 g/mol. The number of carboxylic acid groups (broad SMARTS) is 1. The van der Waals surface area contributed by atoms with Crippen molar-refractivity contribution in [1.29, 1.82) is 0 Å². The summed E-state index contributed by atoms with van der Waals surface area (Å²) in [4.78, 5) is 24.8. The van der Waals surface area contributed by atoms with Gasteiger partial charge in [0.2, 0.25) is 10.0 Å². The molecule has 1 N–H and O–H groups in total. The number of carbonyl (C=O) groups is 2. The van der Waals surface area contributed by atoms with Crippen molar-refractivity contribution in [2.75, 3.05) is 45.3 Å². The maximum atomic E-state index is 12.5. The SMILES string of the molecule is CSc1ccc(C(=O)N2CCOC(CN(CC(=O)O)S(C)(=O)=O)C2)o1. The Morgan fingerprint density at radius 1 is 1.44 bits per heavy atom. The number of rotatable bonds is 7. The average Bonchev–Trinajstić information content (AvgIpc) is 3.01. The second-order valence-corrected chi connectivity index (χ2v) is 8.31. The number of carboxylic acids is 1. The fraction of sp³-hybridized carbons (Fsp3) is 0.571. The van der Waals surface area contributed by atoms with Gasteiger partial charge in [-0.3, -0.25) is 9.59 Å². The zero-order valence-corrected chi connectivity index (χ0v) is 15.5. The smallest absolute Gasteiger partial charge is 0.318 e. The summed E-state index contributed by atoms with van der Waals surface area (Å²) in [5.74, 6) is -1.36. The van der Waals surface area contributed by atoms with Crippen LogP contribution in [0.1, 0.15) is 10.6 Å². The molecule has 1 aromatic heterocycles. The van der Waals surface area contributed by atoms with Gasteiger partial charge in [-0.05, 0) is 18.4 Å². The lowest BCUT2D eigenvalue weighted by Gasteiger charge is -2.34. The van der Waals surface area contributed by atoms with Crippen LogP contribution in [0.3, 0.4) is 0 Å². The van der Waals surface area contributed by atoms with Crippen LogP contribution in [0.25, 0.3) is 0 Å². The molecule has 1 aliphatic heterocycles. The van der Waals surface area contributed by atoms with Crippen LogP contribution in [0, 0.1) is 0 Å². The molecule has 140 valence electrons. The summed E-state index contributed by atoms with van der Waals surface area (Å²) < 4.78 is 35.2. The van der Waals surface area contributed by atoms with E-state index in [1.54, 1.807) is 12.1 Å². The summed E-state index contributed by atoms with van der Waals surface area (Å²) in [5.41, 5.74) is 0. The molecule has 0 spiro atoms. The van der Waals surface area contributed by atoms with Gasteiger partial charge in [-0.15, -0.1) is 0 Å². The highest BCUT2D eigenvalue weighted by atomic mass is 32.2. The van der Waals surface area contributed by atoms with E-state index in [1.165, 1.54) is 16.7 Å². The van der Waals surface area contributed by atoms with Crippen LogP contribution in [0.5, 0.6) is 0 Å². The number of furan rings is 1. The van der Waals surface area contributed by atoms with Crippen molar-refractivity contribution < 1.29 is 32.3 Å². The van der Waals surface area contributed by atoms with Gasteiger partial charge in [0.1, 0.15) is 6.54 Å². The minimum Gasteiger partial charge on any atom is -0.480 e. The Hall–Kier alpha value is -1.56. The maximum Gasteiger partial charge on any atom is 0.318 e. The van der Waals surface area contributed by atoms with Crippen LogP contribution in [-0.4, -0.2) is 86.0 Å². The Kier molecular flexibility index (Phi) is 6.49. The molecule has 0 radical (unpaired) electrons. The number of carbonyl (C=O) groups excluding carboxylic acids is 1. The van der Waals surface area contributed by atoms with Crippen molar-refractivity contribution in [1.82, 2.24) is 9.21 Å². The summed E-state index contributed by atoms with van der Waals surface area (Å²) in [6.45, 7) is -0.0512. The predicted octanol–water partition coefficient (Wildman–Crippen LogP) is 0.189. The first-order valence-corrected chi connectivity index (χ1v) is 10.5. The first kappa shape index (κ1) is 19.8. The molecule has 1 unspecified atom stereocenters. The molecule has 25 heavy (non-hydrogen) atoms. The van der Waals surface area contributed by atoms with Crippen LogP contribution in [-0.2, 0) is 19.6 Å². The lowest BCUT2D eigenvalue weighted by Crippen LogP contribution is -2.51. The van der Waals surface area contributed by atoms with Crippen LogP contribution < -0.4 is 0 Å². The molecule has 2 rings (SSSR count). The molecule has 1 fully saturated rings. The summed E-state index contributed by atoms with van der Waals surface area (Å²) >= 11 is 1.38. The number of amides is 1. The van der Waals surface area contributed by atoms with E-state index in [4.69, 9.17) is 14.3 Å². The van der Waals surface area contributed by atoms with E-state index in [9.17, 15) is 18.0 Å². The van der Waals surface area contributed by atoms with Crippen molar-refractivity contribution in [2.45, 2.75) is 11.2 Å². The number of morpholine rings is 1. The largest absolute Gasteiger partial charge is 0.480 e. The van der Waals surface area contributed by atoms with Gasteiger partial charge < -0.3 is 19.2 Å². The third kappa shape index (κ3) is 5.46. The van der Waals surface area contributed by atoms with E-state index >= 15 is 0 Å². The standard InChI is InChI=1S/C14H20N2O7S2/c1-24-13-4-3-11(23-13)14(19)15-5-6-22-10(7-15)8-16(9-12(17)18)25(2,20)21/h3-4,10H,5-9H2,1-2H3,(H,17,18). The molecule has 2 heterocycles. The molecule has 1 atom stereocenters. The van der Waals surface area contributed by atoms with Crippen molar-refractivity contribution in [3.05, 3.63) is 17.9 Å². The molecule has 1 saturated heterocycles. The number of ether oxygens (including phenoxy) is 1. The summed E-state index contributed by atoms with van der Waals surface area (Å²) in [5, 5.41) is 9.49. The third-order valence-electron chi connectivity index (χ3n) is 3.61. The number of aliphatic carboxylic acids is 1. The van der Waals surface area contributed by atoms with Gasteiger partial charge in [0.15, 0.2) is 10.9 Å². The van der Waals surface area contributed by atoms with Crippen molar-refractivity contribution >= 4 is 33.7 Å². The molecule has 0 aliphatic carbocycles. The van der Waals surface area contributed by atoms with Gasteiger partial charge in [-0.1, -0.05) is 11.8 Å². The fourth-order valence-corrected chi connectivity index (χ4v) is 3.57. The number of thioether (sulfide) groups is 1. The lowest BCUT2D eigenvalue weighted by molar-refractivity contribution is -0.137. The average molecular weight is 392 g/mol. The molecule has 1 amide bonds. The summed E-state index contributed by atoms with van der Waals surface area (Å²) in [7, 11) is -3.70. The van der Waals surface area contributed by atoms with Gasteiger partial charge in [-0.2, -0.15) is 4.31 Å². The van der Waals surface area contributed by atoms with Gasteiger partial charge >= 0.3 is 5.97 Å². The van der Waals surface area contributed by atoms with Crippen LogP contribution >= 0.6 is 11.8 Å². The molecule has 0 saturated carbocycles. The van der Waals surface area contributed by atoms with Gasteiger partial charge in [0, 0.05) is 19.6 Å². The van der Waals surface area contributed by atoms with Crippen molar-refractivity contribution in [2.24, 2.45) is 0 Å². The lowest BCUT2D eigenvalue weighted by atomic mass is 10.2. The molecule has 0 bridgehead atoms. The number of nitrogens with zero attached hydrogens (tertiary/aromatic N) is 2. The minimum absolute atomic E-state index is 0.136. The van der Waals surface area contributed by atoms with E-state index < -0.39 is 28.6 Å². The quantitative estimate of drug-likeness (QED) is 0.654. The summed E-state index contributed by atoms with van der Waals surface area (Å²) in [6, 6.07) is 3.29. The molecule has 9 nitrogen and oxygen atoms in total. The van der Waals surface area contributed by atoms with E-state index in [2.05, 4.69) is 0 Å². The van der Waals surface area contributed by atoms with E-state index in [1.807, 2.05) is 6.26 Å². The van der Waals surface area contributed by atoms with Crippen molar-refractivity contribution in [3.63, 3.8) is 0 Å². The van der Waals surface area contributed by atoms with Crippen LogP contribution in [0.2, 0.25) is 0 Å². The zero-order valence-electron chi connectivity index (χ0n) is 13.9. The fourth-order valence-electron chi connectivity index (χ4n) is 2.41. The van der Waals surface area contributed by atoms with Crippen molar-refractivity contribution in [3.8, 4) is 0 Å². The van der Waals surface area contributed by atoms with Gasteiger partial charge in [0.05, 0.1) is 19.0 Å². The van der Waals surface area contributed by atoms with E-state index in [-0.39, 0.29) is 31.4 Å². The number of hydrogen-bond donors (Lipinski definition) is 1. The van der Waals surface area contributed by atoms with Crippen LogP contribution in [0.4, 0.5) is 0 Å². The molecule has 1 aliphatic rings. The maximum absolute atomic E-state index is 12.5. The first-order valence-electron chi connectivity index (χ1n) is 7.42. The molecular weight excluding hydrogens is 372 g/mol. The Balaban J connectivity index is 2.04. The van der Waals surface area contributed by atoms with Gasteiger partial charge in [0.25, 0.3) is 5.91 Å². The predicted molar refractivity (Wildman–Crippen MR) is 90.2 cm³/mol. The second-order valence-electron chi connectivity index (χ2n) is 5.52. The first-order chi connectivity index (χ1) is 11.7. The Morgan fingerprint density at radius 3 is 2.72 bits per heavy atom. The van der Waals surface area contributed by atoms with E-state index in [0.29, 0.717) is 11.6 Å². The number of sulfonamides is 1. The summed E-state index contributed by atoms with van der Waals surface area (Å²) in [6.07, 6.45) is 2.16. The van der Waals surface area contributed by atoms with E-state index in [0.717, 1.165) is 10.6 Å². The third-order valence-corrected chi connectivity index (χ3v) is 5.45. The Morgan fingerprint density at radius 2 is 2.16 bits per heavy atom. The number of hydrogen-bond acceptors (Lipinski definition) is 7. The minimum atomic E-state index is -3.70. The highest BCUT2D eigenvalue weighted by molar-refractivity contribution is 7.98. The Bertz CT molecular complexity index is 731.